The molecule has 0 heterocycles. The lowest BCUT2D eigenvalue weighted by atomic mass is 10.3. The number of hydrogen-bond acceptors (Lipinski definition) is 4. The molecule has 0 fully saturated rings. The summed E-state index contributed by atoms with van der Waals surface area (Å²) in [6.45, 7) is 2.21. The molecule has 108 valence electrons. The van der Waals surface area contributed by atoms with E-state index in [1.165, 1.54) is 0 Å². The van der Waals surface area contributed by atoms with Gasteiger partial charge in [-0.15, -0.1) is 0 Å². The van der Waals surface area contributed by atoms with Gasteiger partial charge in [0, 0.05) is 6.04 Å². The van der Waals surface area contributed by atoms with Crippen molar-refractivity contribution >= 4 is 23.8 Å². The van der Waals surface area contributed by atoms with Gasteiger partial charge in [-0.1, -0.05) is 0 Å². The standard InChI is InChI=1S/C10H18N4O5/c1-6(2)14(5-7(11)15)10(19)13-3-8(16)12-4-9(17)18/h6H,3-5H2,1-2H3,(H2,11,15)(H,12,16)(H,13,19)(H,17,18). The fraction of sp³-hybridized carbons (Fsp3) is 0.600. The van der Waals surface area contributed by atoms with Gasteiger partial charge in [-0.2, -0.15) is 0 Å². The number of carbonyl (C=O) groups excluding carboxylic acids is 3. The number of carboxylic acids is 1. The Morgan fingerprint density at radius 2 is 1.74 bits per heavy atom. The average molecular weight is 274 g/mol. The number of hydrogen-bond donors (Lipinski definition) is 4. The zero-order valence-corrected chi connectivity index (χ0v) is 10.8. The van der Waals surface area contributed by atoms with Gasteiger partial charge in [-0.05, 0) is 13.8 Å². The van der Waals surface area contributed by atoms with Crippen LogP contribution in [0.2, 0.25) is 0 Å². The van der Waals surface area contributed by atoms with Crippen molar-refractivity contribution in [1.29, 1.82) is 0 Å². The smallest absolute Gasteiger partial charge is 0.322 e. The monoisotopic (exact) mass is 274 g/mol. The quantitative estimate of drug-likeness (QED) is 0.428. The normalized spacial score (nSPS) is 9.84. The van der Waals surface area contributed by atoms with Crippen LogP contribution in [0.25, 0.3) is 0 Å². The van der Waals surface area contributed by atoms with Crippen molar-refractivity contribution in [3.8, 4) is 0 Å². The van der Waals surface area contributed by atoms with Crippen molar-refractivity contribution in [2.75, 3.05) is 19.6 Å². The van der Waals surface area contributed by atoms with Crippen LogP contribution in [0.5, 0.6) is 0 Å². The van der Waals surface area contributed by atoms with Gasteiger partial charge in [0.05, 0.1) is 6.54 Å². The second kappa shape index (κ2) is 7.90. The van der Waals surface area contributed by atoms with E-state index in [1.807, 2.05) is 0 Å². The summed E-state index contributed by atoms with van der Waals surface area (Å²) in [5.41, 5.74) is 5.00. The molecule has 9 nitrogen and oxygen atoms in total. The van der Waals surface area contributed by atoms with Crippen LogP contribution in [0.3, 0.4) is 0 Å². The summed E-state index contributed by atoms with van der Waals surface area (Å²) < 4.78 is 0. The Labute approximate surface area is 110 Å². The van der Waals surface area contributed by atoms with Crippen LogP contribution in [0, 0.1) is 0 Å². The summed E-state index contributed by atoms with van der Waals surface area (Å²) >= 11 is 0. The van der Waals surface area contributed by atoms with Gasteiger partial charge in [0.1, 0.15) is 13.1 Å². The van der Waals surface area contributed by atoms with Gasteiger partial charge in [0.15, 0.2) is 0 Å². The van der Waals surface area contributed by atoms with Crippen LogP contribution in [-0.4, -0.2) is 59.5 Å². The number of nitrogens with one attached hydrogen (secondary N) is 2. The van der Waals surface area contributed by atoms with E-state index in [0.29, 0.717) is 0 Å². The van der Waals surface area contributed by atoms with Crippen molar-refractivity contribution in [3.05, 3.63) is 0 Å². The maximum atomic E-state index is 11.7. The van der Waals surface area contributed by atoms with E-state index >= 15 is 0 Å². The molecular formula is C10H18N4O5. The highest BCUT2D eigenvalue weighted by Crippen LogP contribution is 1.97. The summed E-state index contributed by atoms with van der Waals surface area (Å²) in [5, 5.41) is 12.7. The maximum Gasteiger partial charge on any atom is 0.322 e. The Bertz CT molecular complexity index is 369. The topological polar surface area (TPSA) is 142 Å². The highest BCUT2D eigenvalue weighted by atomic mass is 16.4. The summed E-state index contributed by atoms with van der Waals surface area (Å²) in [7, 11) is 0. The van der Waals surface area contributed by atoms with E-state index in [4.69, 9.17) is 10.8 Å². The molecule has 0 aliphatic rings. The van der Waals surface area contributed by atoms with Crippen molar-refractivity contribution in [2.45, 2.75) is 19.9 Å². The first-order valence-corrected chi connectivity index (χ1v) is 5.55. The number of nitrogens with zero attached hydrogens (tertiary/aromatic N) is 1. The molecule has 0 spiro atoms. The van der Waals surface area contributed by atoms with Gasteiger partial charge in [-0.25, -0.2) is 4.79 Å². The van der Waals surface area contributed by atoms with E-state index < -0.39 is 30.4 Å². The summed E-state index contributed by atoms with van der Waals surface area (Å²) in [6, 6.07) is -0.895. The molecule has 4 amide bonds. The zero-order valence-electron chi connectivity index (χ0n) is 10.8. The van der Waals surface area contributed by atoms with E-state index in [0.717, 1.165) is 4.90 Å². The molecule has 19 heavy (non-hydrogen) atoms. The first-order valence-electron chi connectivity index (χ1n) is 5.55. The number of urea groups is 1. The highest BCUT2D eigenvalue weighted by Gasteiger charge is 2.19. The third-order valence-electron chi connectivity index (χ3n) is 2.05. The lowest BCUT2D eigenvalue weighted by Gasteiger charge is -2.25. The maximum absolute atomic E-state index is 11.7. The van der Waals surface area contributed by atoms with Crippen LogP contribution >= 0.6 is 0 Å². The fourth-order valence-electron chi connectivity index (χ4n) is 1.15. The molecule has 5 N–H and O–H groups in total. The Morgan fingerprint density at radius 1 is 1.16 bits per heavy atom. The minimum absolute atomic E-state index is 0.264. The number of amides is 4. The number of aliphatic carboxylic acids is 1. The molecule has 0 saturated carbocycles. The van der Waals surface area contributed by atoms with Crippen LogP contribution in [0.1, 0.15) is 13.8 Å². The molecule has 0 atom stereocenters. The second-order valence-electron chi connectivity index (χ2n) is 4.02. The minimum Gasteiger partial charge on any atom is -0.480 e. The molecule has 0 bridgehead atoms. The number of carboxylic acid groups (broad SMARTS) is 1. The molecule has 9 heteroatoms. The van der Waals surface area contributed by atoms with Gasteiger partial charge in [-0.3, -0.25) is 14.4 Å². The van der Waals surface area contributed by atoms with Gasteiger partial charge < -0.3 is 26.4 Å². The fourth-order valence-corrected chi connectivity index (χ4v) is 1.15. The zero-order chi connectivity index (χ0) is 15.0. The van der Waals surface area contributed by atoms with Crippen molar-refractivity contribution < 1.29 is 24.3 Å². The molecule has 0 aliphatic carbocycles. The lowest BCUT2D eigenvalue weighted by Crippen LogP contribution is -2.50. The first kappa shape index (κ1) is 16.7. The van der Waals surface area contributed by atoms with Crippen molar-refractivity contribution in [1.82, 2.24) is 15.5 Å². The molecule has 0 unspecified atom stereocenters. The summed E-state index contributed by atoms with van der Waals surface area (Å²) in [6.07, 6.45) is 0. The number of nitrogens with two attached hydrogens (primary N) is 1. The van der Waals surface area contributed by atoms with Crippen molar-refractivity contribution in [3.63, 3.8) is 0 Å². The summed E-state index contributed by atoms with van der Waals surface area (Å²) in [5.74, 6) is -2.49. The Kier molecular flexibility index (Phi) is 6.94. The van der Waals surface area contributed by atoms with E-state index in [1.54, 1.807) is 13.8 Å². The van der Waals surface area contributed by atoms with Crippen LogP contribution in [0.4, 0.5) is 4.79 Å². The Balaban J connectivity index is 4.22. The van der Waals surface area contributed by atoms with Gasteiger partial charge in [0.2, 0.25) is 11.8 Å². The van der Waals surface area contributed by atoms with E-state index in [9.17, 15) is 19.2 Å². The third-order valence-corrected chi connectivity index (χ3v) is 2.05. The molecular weight excluding hydrogens is 256 g/mol. The van der Waals surface area contributed by atoms with Crippen LogP contribution in [-0.2, 0) is 14.4 Å². The predicted octanol–water partition coefficient (Wildman–Crippen LogP) is -1.91. The highest BCUT2D eigenvalue weighted by molar-refractivity contribution is 5.87. The largest absolute Gasteiger partial charge is 0.480 e. The average Bonchev–Trinajstić information content (AvgIpc) is 2.29. The van der Waals surface area contributed by atoms with Gasteiger partial charge >= 0.3 is 12.0 Å². The van der Waals surface area contributed by atoms with Gasteiger partial charge in [0.25, 0.3) is 0 Å². The van der Waals surface area contributed by atoms with Crippen molar-refractivity contribution in [2.24, 2.45) is 5.73 Å². The van der Waals surface area contributed by atoms with E-state index in [-0.39, 0.29) is 19.1 Å². The molecule has 0 aliphatic heterocycles. The molecule has 0 aromatic heterocycles. The molecule has 0 rings (SSSR count). The van der Waals surface area contributed by atoms with Crippen LogP contribution < -0.4 is 16.4 Å². The number of carbonyl (C=O) groups is 4. The number of primary amides is 1. The third kappa shape index (κ3) is 7.58. The number of rotatable bonds is 7. The first-order chi connectivity index (χ1) is 8.73. The lowest BCUT2D eigenvalue weighted by molar-refractivity contribution is -0.137. The molecule has 0 aromatic carbocycles. The second-order valence-corrected chi connectivity index (χ2v) is 4.02. The summed E-state index contributed by atoms with van der Waals surface area (Å²) in [4.78, 5) is 45.0. The Morgan fingerprint density at radius 3 is 2.16 bits per heavy atom. The predicted molar refractivity (Wildman–Crippen MR) is 65.1 cm³/mol. The Hall–Kier alpha value is -2.32. The molecule has 0 saturated heterocycles. The van der Waals surface area contributed by atoms with Crippen LogP contribution in [0.15, 0.2) is 0 Å². The minimum atomic E-state index is -1.18. The molecule has 0 aromatic rings. The molecule has 0 radical (unpaired) electrons. The van der Waals surface area contributed by atoms with E-state index in [2.05, 4.69) is 10.6 Å². The SMILES string of the molecule is CC(C)N(CC(N)=O)C(=O)NCC(=O)NCC(=O)O.